The predicted octanol–water partition coefficient (Wildman–Crippen LogP) is 5.17. The lowest BCUT2D eigenvalue weighted by Gasteiger charge is -2.10. The van der Waals surface area contributed by atoms with Crippen molar-refractivity contribution in [2.45, 2.75) is 6.92 Å². The van der Waals surface area contributed by atoms with Crippen molar-refractivity contribution in [3.63, 3.8) is 0 Å². The number of carbonyl (C=O) groups excluding carboxylic acids is 1. The number of carbonyl (C=O) groups is 1. The van der Waals surface area contributed by atoms with E-state index in [0.717, 1.165) is 32.8 Å². The van der Waals surface area contributed by atoms with Gasteiger partial charge < -0.3 is 16.8 Å². The second-order valence-corrected chi connectivity index (χ2v) is 9.09. The number of nitrogen functional groups attached to an aromatic ring is 2. The average Bonchev–Trinajstić information content (AvgIpc) is 3.41. The minimum atomic E-state index is -0.351. The molecule has 5 rings (SSSR count). The second-order valence-electron chi connectivity index (χ2n) is 7.14. The van der Waals surface area contributed by atoms with E-state index in [9.17, 15) is 10.1 Å². The second kappa shape index (κ2) is 7.60. The summed E-state index contributed by atoms with van der Waals surface area (Å²) in [6.45, 7) is 1.87. The van der Waals surface area contributed by atoms with Gasteiger partial charge in [-0.25, -0.2) is 4.98 Å². The molecular weight excluding hydrogens is 440 g/mol. The van der Waals surface area contributed by atoms with Crippen LogP contribution >= 0.6 is 22.7 Å². The third-order valence-electron chi connectivity index (χ3n) is 5.08. The van der Waals surface area contributed by atoms with Crippen molar-refractivity contribution in [3.8, 4) is 16.5 Å². The lowest BCUT2D eigenvalue weighted by atomic mass is 10.0. The molecule has 0 aliphatic carbocycles. The van der Waals surface area contributed by atoms with Crippen LogP contribution in [-0.2, 0) is 0 Å². The third kappa shape index (κ3) is 3.13. The first-order valence-corrected chi connectivity index (χ1v) is 11.3. The number of nitrogens with zero attached hydrogens (tertiary/aromatic N) is 3. The van der Waals surface area contributed by atoms with Gasteiger partial charge in [-0.3, -0.25) is 9.78 Å². The Morgan fingerprint density at radius 1 is 1.16 bits per heavy atom. The van der Waals surface area contributed by atoms with Gasteiger partial charge in [0.2, 0.25) is 0 Å². The van der Waals surface area contributed by atoms with Crippen LogP contribution < -0.4 is 16.8 Å². The monoisotopic (exact) mass is 456 g/mol. The van der Waals surface area contributed by atoms with E-state index in [1.807, 2.05) is 54.8 Å². The number of para-hydroxylation sites is 1. The van der Waals surface area contributed by atoms with Gasteiger partial charge in [-0.05, 0) is 30.5 Å². The van der Waals surface area contributed by atoms with E-state index in [0.29, 0.717) is 26.3 Å². The summed E-state index contributed by atoms with van der Waals surface area (Å²) in [6, 6.07) is 15.3. The van der Waals surface area contributed by atoms with Gasteiger partial charge in [0.05, 0.1) is 16.9 Å². The number of anilines is 3. The van der Waals surface area contributed by atoms with E-state index in [2.05, 4.69) is 21.4 Å². The fourth-order valence-corrected chi connectivity index (χ4v) is 5.50. The van der Waals surface area contributed by atoms with Crippen LogP contribution in [0.2, 0.25) is 0 Å². The van der Waals surface area contributed by atoms with Crippen LogP contribution in [0.4, 0.5) is 17.2 Å². The Morgan fingerprint density at radius 2 is 1.97 bits per heavy atom. The number of hydrogen-bond acceptors (Lipinski definition) is 8. The fourth-order valence-electron chi connectivity index (χ4n) is 3.71. The van der Waals surface area contributed by atoms with Gasteiger partial charge in [0.15, 0.2) is 0 Å². The molecule has 9 heteroatoms. The molecular formula is C23H16N6OS2. The SMILES string of the molecule is Cc1cc(NC(=O)c2sc3nc(N)c(C#N)c(-c4cccs4)c3c2N)c2ccccc2n1. The Labute approximate surface area is 191 Å². The zero-order valence-electron chi connectivity index (χ0n) is 16.8. The van der Waals surface area contributed by atoms with Gasteiger partial charge in [0, 0.05) is 26.9 Å². The number of nitrogens with one attached hydrogen (secondary N) is 1. The molecule has 0 radical (unpaired) electrons. The van der Waals surface area contributed by atoms with Gasteiger partial charge in [0.25, 0.3) is 5.91 Å². The van der Waals surface area contributed by atoms with E-state index in [1.165, 1.54) is 11.3 Å². The molecule has 0 aliphatic rings. The lowest BCUT2D eigenvalue weighted by Crippen LogP contribution is -2.12. The Bertz CT molecular complexity index is 1560. The van der Waals surface area contributed by atoms with E-state index in [4.69, 9.17) is 11.5 Å². The molecule has 0 saturated carbocycles. The Kier molecular flexibility index (Phi) is 4.74. The van der Waals surface area contributed by atoms with Crippen molar-refractivity contribution in [1.29, 1.82) is 5.26 Å². The molecule has 5 aromatic rings. The number of thiophene rings is 2. The number of rotatable bonds is 3. The quantitative estimate of drug-likeness (QED) is 0.343. The summed E-state index contributed by atoms with van der Waals surface area (Å²) >= 11 is 2.63. The third-order valence-corrected chi connectivity index (χ3v) is 7.07. The maximum atomic E-state index is 13.3. The molecule has 0 aliphatic heterocycles. The molecule has 5 N–H and O–H groups in total. The molecule has 0 fully saturated rings. The number of benzene rings is 1. The number of aryl methyl sites for hydroxylation is 1. The molecule has 7 nitrogen and oxygen atoms in total. The van der Waals surface area contributed by atoms with Crippen LogP contribution in [-0.4, -0.2) is 15.9 Å². The summed E-state index contributed by atoms with van der Waals surface area (Å²) in [7, 11) is 0. The van der Waals surface area contributed by atoms with Crippen molar-refractivity contribution in [2.24, 2.45) is 0 Å². The number of hydrogen-bond donors (Lipinski definition) is 3. The Hall–Kier alpha value is -4.00. The van der Waals surface area contributed by atoms with Gasteiger partial charge in [0.1, 0.15) is 27.2 Å². The molecule has 0 spiro atoms. The average molecular weight is 457 g/mol. The lowest BCUT2D eigenvalue weighted by molar-refractivity contribution is 0.103. The normalized spacial score (nSPS) is 11.0. The molecule has 0 saturated heterocycles. The van der Waals surface area contributed by atoms with Crippen LogP contribution in [0.3, 0.4) is 0 Å². The van der Waals surface area contributed by atoms with Crippen LogP contribution in [0.5, 0.6) is 0 Å². The van der Waals surface area contributed by atoms with Gasteiger partial charge in [-0.2, -0.15) is 5.26 Å². The molecule has 4 heterocycles. The van der Waals surface area contributed by atoms with Crippen LogP contribution in [0, 0.1) is 18.3 Å². The number of nitrogens with two attached hydrogens (primary N) is 2. The molecule has 32 heavy (non-hydrogen) atoms. The highest BCUT2D eigenvalue weighted by molar-refractivity contribution is 7.21. The van der Waals surface area contributed by atoms with Crippen molar-refractivity contribution in [3.05, 3.63) is 64.0 Å². The molecule has 1 amide bonds. The van der Waals surface area contributed by atoms with E-state index >= 15 is 0 Å². The summed E-state index contributed by atoms with van der Waals surface area (Å²) < 4.78 is 0. The standard InChI is InChI=1S/C23H16N6OS2/c1-11-9-15(12-5-2-3-6-14(12)27-11)28-22(30)20-19(25)18-17(16-7-4-8-31-16)13(10-24)21(26)29-23(18)32-20/h2-9H,25H2,1H3,(H2,26,29)(H,27,28,30). The summed E-state index contributed by atoms with van der Waals surface area (Å²) in [5.41, 5.74) is 15.9. The molecule has 4 aromatic heterocycles. The van der Waals surface area contributed by atoms with E-state index < -0.39 is 0 Å². The van der Waals surface area contributed by atoms with Crippen molar-refractivity contribution in [1.82, 2.24) is 9.97 Å². The smallest absolute Gasteiger partial charge is 0.267 e. The first-order valence-electron chi connectivity index (χ1n) is 9.61. The highest BCUT2D eigenvalue weighted by Gasteiger charge is 2.25. The number of amides is 1. The molecule has 0 bridgehead atoms. The van der Waals surface area contributed by atoms with Crippen molar-refractivity contribution >= 4 is 66.9 Å². The molecule has 156 valence electrons. The summed E-state index contributed by atoms with van der Waals surface area (Å²) in [5.74, 6) is -0.233. The van der Waals surface area contributed by atoms with Crippen molar-refractivity contribution < 1.29 is 4.79 Å². The van der Waals surface area contributed by atoms with Gasteiger partial charge in [-0.15, -0.1) is 22.7 Å². The fraction of sp³-hybridized carbons (Fsp3) is 0.0435. The molecule has 0 atom stereocenters. The largest absolute Gasteiger partial charge is 0.397 e. The highest BCUT2D eigenvalue weighted by atomic mass is 32.1. The van der Waals surface area contributed by atoms with Crippen LogP contribution in [0.1, 0.15) is 20.9 Å². The first-order chi connectivity index (χ1) is 15.5. The zero-order valence-corrected chi connectivity index (χ0v) is 18.5. The van der Waals surface area contributed by atoms with Crippen LogP contribution in [0.25, 0.3) is 31.6 Å². The minimum absolute atomic E-state index is 0.118. The summed E-state index contributed by atoms with van der Waals surface area (Å²) in [5, 5.41) is 16.0. The van der Waals surface area contributed by atoms with Gasteiger partial charge >= 0.3 is 0 Å². The number of fused-ring (bicyclic) bond motifs is 2. The Balaban J connectivity index is 1.67. The topological polar surface area (TPSA) is 131 Å². The first kappa shape index (κ1) is 19.9. The summed E-state index contributed by atoms with van der Waals surface area (Å²) in [6.07, 6.45) is 0. The number of aromatic nitrogens is 2. The zero-order chi connectivity index (χ0) is 22.4. The molecule has 1 aromatic carbocycles. The number of nitriles is 1. The van der Waals surface area contributed by atoms with E-state index in [-0.39, 0.29) is 23.0 Å². The highest BCUT2D eigenvalue weighted by Crippen LogP contribution is 2.44. The van der Waals surface area contributed by atoms with Crippen LogP contribution in [0.15, 0.2) is 47.8 Å². The Morgan fingerprint density at radius 3 is 2.72 bits per heavy atom. The van der Waals surface area contributed by atoms with E-state index in [1.54, 1.807) is 0 Å². The maximum Gasteiger partial charge on any atom is 0.267 e. The van der Waals surface area contributed by atoms with Crippen molar-refractivity contribution in [2.75, 3.05) is 16.8 Å². The predicted molar refractivity (Wildman–Crippen MR) is 131 cm³/mol. The minimum Gasteiger partial charge on any atom is -0.397 e. The summed E-state index contributed by atoms with van der Waals surface area (Å²) in [4.78, 5) is 23.8. The van der Waals surface area contributed by atoms with Gasteiger partial charge in [-0.1, -0.05) is 24.3 Å². The maximum absolute atomic E-state index is 13.3. The molecule has 0 unspecified atom stereocenters. The number of pyridine rings is 2.